The summed E-state index contributed by atoms with van der Waals surface area (Å²) in [5.41, 5.74) is 5.66. The van der Waals surface area contributed by atoms with Crippen LogP contribution in [0.15, 0.2) is 21.5 Å². The molecule has 0 bridgehead atoms. The third kappa shape index (κ3) is 3.68. The predicted molar refractivity (Wildman–Crippen MR) is 83.1 cm³/mol. The summed E-state index contributed by atoms with van der Waals surface area (Å²) in [7, 11) is -0.824. The Kier molecular flexibility index (Phi) is 5.13. The van der Waals surface area contributed by atoms with E-state index in [-0.39, 0.29) is 23.2 Å². The van der Waals surface area contributed by atoms with Gasteiger partial charge in [-0.15, -0.1) is 0 Å². The lowest BCUT2D eigenvalue weighted by atomic mass is 10.2. The first-order chi connectivity index (χ1) is 9.92. The third-order valence-electron chi connectivity index (χ3n) is 3.48. The second-order valence-electron chi connectivity index (χ2n) is 4.94. The molecule has 1 aromatic carbocycles. The Labute approximate surface area is 133 Å². The maximum atomic E-state index is 12.6. The summed E-state index contributed by atoms with van der Waals surface area (Å²) in [6.07, 6.45) is 2.01. The second-order valence-corrected chi connectivity index (χ2v) is 7.48. The molecule has 118 valence electrons. The van der Waals surface area contributed by atoms with Crippen LogP contribution in [-0.2, 0) is 10.0 Å². The molecule has 0 spiro atoms. The van der Waals surface area contributed by atoms with Gasteiger partial charge in [0.1, 0.15) is 16.4 Å². The van der Waals surface area contributed by atoms with Gasteiger partial charge in [-0.2, -0.15) is 0 Å². The molecular formula is C13H19BrN2O4S. The second kappa shape index (κ2) is 6.51. The van der Waals surface area contributed by atoms with Gasteiger partial charge in [-0.3, -0.25) is 0 Å². The summed E-state index contributed by atoms with van der Waals surface area (Å²) < 4.78 is 38.8. The van der Waals surface area contributed by atoms with E-state index in [4.69, 9.17) is 15.2 Å². The molecule has 1 aliphatic rings. The van der Waals surface area contributed by atoms with E-state index in [1.54, 1.807) is 6.07 Å². The fourth-order valence-electron chi connectivity index (χ4n) is 2.14. The van der Waals surface area contributed by atoms with E-state index in [9.17, 15) is 8.42 Å². The molecule has 1 fully saturated rings. The lowest BCUT2D eigenvalue weighted by molar-refractivity contribution is 0.389. The normalized spacial score (nSPS) is 16.6. The fourth-order valence-corrected chi connectivity index (χ4v) is 4.11. The Bertz CT molecular complexity index is 617. The number of nitrogens with one attached hydrogen (secondary N) is 1. The largest absolute Gasteiger partial charge is 0.496 e. The highest BCUT2D eigenvalue weighted by atomic mass is 79.9. The summed E-state index contributed by atoms with van der Waals surface area (Å²) in [4.78, 5) is 0.0455. The molecule has 1 unspecified atom stereocenters. The predicted octanol–water partition coefficient (Wildman–Crippen LogP) is 1.48. The van der Waals surface area contributed by atoms with Crippen molar-refractivity contribution in [1.82, 2.24) is 4.72 Å². The highest BCUT2D eigenvalue weighted by Crippen LogP contribution is 2.37. The van der Waals surface area contributed by atoms with Crippen LogP contribution in [0, 0.1) is 5.92 Å². The van der Waals surface area contributed by atoms with Gasteiger partial charge in [0.25, 0.3) is 0 Å². The van der Waals surface area contributed by atoms with E-state index in [0.717, 1.165) is 12.8 Å². The van der Waals surface area contributed by atoms with Crippen molar-refractivity contribution < 1.29 is 17.9 Å². The van der Waals surface area contributed by atoms with Crippen LogP contribution in [-0.4, -0.2) is 35.2 Å². The van der Waals surface area contributed by atoms with Gasteiger partial charge < -0.3 is 15.2 Å². The standard InChI is InChI=1S/C13H19BrN2O4S/c1-19-11-6-13(12(20-2)5-9(11)14)21(17,18)16-10(7-15)8-3-4-8/h5-6,8,10,16H,3-4,7,15H2,1-2H3. The molecular weight excluding hydrogens is 360 g/mol. The quantitative estimate of drug-likeness (QED) is 0.749. The number of hydrogen-bond acceptors (Lipinski definition) is 5. The van der Waals surface area contributed by atoms with E-state index in [0.29, 0.717) is 16.1 Å². The summed E-state index contributed by atoms with van der Waals surface area (Å²) in [6, 6.07) is 2.77. The molecule has 2 rings (SSSR count). The Balaban J connectivity index is 2.38. The van der Waals surface area contributed by atoms with Crippen LogP contribution in [0.4, 0.5) is 0 Å². The van der Waals surface area contributed by atoms with Crippen LogP contribution < -0.4 is 19.9 Å². The minimum Gasteiger partial charge on any atom is -0.496 e. The van der Waals surface area contributed by atoms with Gasteiger partial charge >= 0.3 is 0 Å². The van der Waals surface area contributed by atoms with Gasteiger partial charge in [-0.1, -0.05) is 0 Å². The zero-order valence-electron chi connectivity index (χ0n) is 11.9. The average molecular weight is 379 g/mol. The molecule has 1 aromatic rings. The van der Waals surface area contributed by atoms with Gasteiger partial charge in [0.2, 0.25) is 10.0 Å². The van der Waals surface area contributed by atoms with E-state index in [1.807, 2.05) is 0 Å². The zero-order valence-corrected chi connectivity index (χ0v) is 14.3. The number of halogens is 1. The highest BCUT2D eigenvalue weighted by molar-refractivity contribution is 9.10. The fraction of sp³-hybridized carbons (Fsp3) is 0.538. The lowest BCUT2D eigenvalue weighted by Gasteiger charge is -2.18. The summed E-state index contributed by atoms with van der Waals surface area (Å²) in [5, 5.41) is 0. The molecule has 0 aliphatic heterocycles. The van der Waals surface area contributed by atoms with E-state index in [2.05, 4.69) is 20.7 Å². The first kappa shape index (κ1) is 16.5. The Morgan fingerprint density at radius 2 is 1.95 bits per heavy atom. The molecule has 0 amide bonds. The van der Waals surface area contributed by atoms with Crippen LogP contribution in [0.5, 0.6) is 11.5 Å². The lowest BCUT2D eigenvalue weighted by Crippen LogP contribution is -2.41. The number of hydrogen-bond donors (Lipinski definition) is 2. The van der Waals surface area contributed by atoms with Crippen LogP contribution in [0.3, 0.4) is 0 Å². The van der Waals surface area contributed by atoms with Gasteiger partial charge in [0.05, 0.1) is 18.7 Å². The molecule has 0 heterocycles. The molecule has 0 aromatic heterocycles. The smallest absolute Gasteiger partial charge is 0.244 e. The van der Waals surface area contributed by atoms with Gasteiger partial charge in [0, 0.05) is 18.7 Å². The molecule has 1 aliphatic carbocycles. The highest BCUT2D eigenvalue weighted by Gasteiger charge is 2.34. The first-order valence-corrected chi connectivity index (χ1v) is 8.84. The number of sulfonamides is 1. The van der Waals surface area contributed by atoms with Gasteiger partial charge in [-0.25, -0.2) is 13.1 Å². The van der Waals surface area contributed by atoms with Crippen molar-refractivity contribution in [2.45, 2.75) is 23.8 Å². The number of benzene rings is 1. The summed E-state index contributed by atoms with van der Waals surface area (Å²) >= 11 is 3.31. The average Bonchev–Trinajstić information content (AvgIpc) is 3.28. The van der Waals surface area contributed by atoms with Crippen LogP contribution >= 0.6 is 15.9 Å². The van der Waals surface area contributed by atoms with Crippen molar-refractivity contribution >= 4 is 26.0 Å². The van der Waals surface area contributed by atoms with E-state index < -0.39 is 10.0 Å². The van der Waals surface area contributed by atoms with E-state index >= 15 is 0 Å². The maximum Gasteiger partial charge on any atom is 0.244 e. The first-order valence-electron chi connectivity index (χ1n) is 6.57. The minimum absolute atomic E-state index is 0.0455. The van der Waals surface area contributed by atoms with Crippen molar-refractivity contribution in [3.63, 3.8) is 0 Å². The molecule has 0 saturated heterocycles. The molecule has 0 radical (unpaired) electrons. The Morgan fingerprint density at radius 1 is 1.33 bits per heavy atom. The number of rotatable bonds is 7. The molecule has 1 atom stereocenters. The Morgan fingerprint density at radius 3 is 2.43 bits per heavy atom. The van der Waals surface area contributed by atoms with Crippen LogP contribution in [0.2, 0.25) is 0 Å². The number of methoxy groups -OCH3 is 2. The summed E-state index contributed by atoms with van der Waals surface area (Å²) in [5.74, 6) is 1.00. The molecule has 21 heavy (non-hydrogen) atoms. The maximum absolute atomic E-state index is 12.6. The molecule has 1 saturated carbocycles. The van der Waals surface area contributed by atoms with Crippen molar-refractivity contribution in [2.75, 3.05) is 20.8 Å². The monoisotopic (exact) mass is 378 g/mol. The minimum atomic E-state index is -3.72. The van der Waals surface area contributed by atoms with Crippen LogP contribution in [0.1, 0.15) is 12.8 Å². The van der Waals surface area contributed by atoms with Crippen molar-refractivity contribution in [3.05, 3.63) is 16.6 Å². The summed E-state index contributed by atoms with van der Waals surface area (Å²) in [6.45, 7) is 0.278. The Hall–Kier alpha value is -0.830. The van der Waals surface area contributed by atoms with Crippen molar-refractivity contribution in [3.8, 4) is 11.5 Å². The third-order valence-corrected chi connectivity index (χ3v) is 5.61. The number of ether oxygens (including phenoxy) is 2. The molecule has 6 nitrogen and oxygen atoms in total. The van der Waals surface area contributed by atoms with Crippen LogP contribution in [0.25, 0.3) is 0 Å². The van der Waals surface area contributed by atoms with Crippen molar-refractivity contribution in [1.29, 1.82) is 0 Å². The topological polar surface area (TPSA) is 90.7 Å². The van der Waals surface area contributed by atoms with E-state index in [1.165, 1.54) is 20.3 Å². The SMILES string of the molecule is COc1cc(S(=O)(=O)NC(CN)C2CC2)c(OC)cc1Br. The van der Waals surface area contributed by atoms with Gasteiger partial charge in [0.15, 0.2) is 0 Å². The molecule has 3 N–H and O–H groups in total. The number of nitrogens with two attached hydrogens (primary N) is 1. The molecule has 8 heteroatoms. The van der Waals surface area contributed by atoms with Gasteiger partial charge in [-0.05, 0) is 40.8 Å². The zero-order chi connectivity index (χ0) is 15.6. The van der Waals surface area contributed by atoms with Crippen molar-refractivity contribution in [2.24, 2.45) is 11.7 Å².